The molecular formula is C20H24N2O2. The molecule has 0 unspecified atom stereocenters. The van der Waals surface area contributed by atoms with Crippen molar-refractivity contribution in [3.05, 3.63) is 65.2 Å². The van der Waals surface area contributed by atoms with Crippen molar-refractivity contribution in [2.75, 3.05) is 38.2 Å². The fraction of sp³-hybridized carbons (Fsp3) is 0.350. The van der Waals surface area contributed by atoms with E-state index in [1.54, 1.807) is 6.07 Å². The third kappa shape index (κ3) is 3.77. The number of hydrogen-bond acceptors (Lipinski definition) is 4. The summed E-state index contributed by atoms with van der Waals surface area (Å²) in [6, 6.07) is 16.3. The molecule has 0 radical (unpaired) electrons. The van der Waals surface area contributed by atoms with Crippen LogP contribution in [0.2, 0.25) is 0 Å². The maximum atomic E-state index is 11.6. The predicted octanol–water partition coefficient (Wildman–Crippen LogP) is 3.10. The van der Waals surface area contributed by atoms with Crippen LogP contribution in [0.1, 0.15) is 21.5 Å². The minimum Gasteiger partial charge on any atom is -0.465 e. The number of benzene rings is 2. The van der Waals surface area contributed by atoms with E-state index in [0.717, 1.165) is 38.3 Å². The molecule has 4 nitrogen and oxygen atoms in total. The molecule has 1 fully saturated rings. The summed E-state index contributed by atoms with van der Waals surface area (Å²) in [5.41, 5.74) is 4.44. The third-order valence-corrected chi connectivity index (χ3v) is 4.58. The lowest BCUT2D eigenvalue weighted by atomic mass is 10.1. The molecule has 1 aliphatic heterocycles. The van der Waals surface area contributed by atoms with Crippen LogP contribution in [-0.2, 0) is 11.3 Å². The van der Waals surface area contributed by atoms with Crippen LogP contribution in [-0.4, -0.2) is 44.2 Å². The van der Waals surface area contributed by atoms with Crippen molar-refractivity contribution in [1.29, 1.82) is 0 Å². The molecule has 0 aromatic heterocycles. The Balaban J connectivity index is 1.60. The summed E-state index contributed by atoms with van der Waals surface area (Å²) in [5.74, 6) is -0.277. The van der Waals surface area contributed by atoms with Gasteiger partial charge in [0, 0.05) is 38.4 Å². The first-order chi connectivity index (χ1) is 11.7. The summed E-state index contributed by atoms with van der Waals surface area (Å²) in [5, 5.41) is 0. The quantitative estimate of drug-likeness (QED) is 0.809. The highest BCUT2D eigenvalue weighted by atomic mass is 16.5. The van der Waals surface area contributed by atoms with Crippen molar-refractivity contribution in [2.45, 2.75) is 13.5 Å². The highest BCUT2D eigenvalue weighted by Gasteiger charge is 2.18. The second kappa shape index (κ2) is 7.49. The fourth-order valence-electron chi connectivity index (χ4n) is 3.24. The molecule has 0 saturated carbocycles. The molecule has 2 aromatic rings. The number of carbonyl (C=O) groups is 1. The van der Waals surface area contributed by atoms with Gasteiger partial charge in [-0.05, 0) is 36.2 Å². The molecule has 1 saturated heterocycles. The lowest BCUT2D eigenvalue weighted by Crippen LogP contribution is -2.46. The van der Waals surface area contributed by atoms with E-state index < -0.39 is 0 Å². The van der Waals surface area contributed by atoms with E-state index >= 15 is 0 Å². The van der Waals surface area contributed by atoms with E-state index in [2.05, 4.69) is 47.1 Å². The van der Waals surface area contributed by atoms with Gasteiger partial charge in [0.1, 0.15) is 0 Å². The molecule has 0 atom stereocenters. The van der Waals surface area contributed by atoms with E-state index in [0.29, 0.717) is 5.56 Å². The van der Waals surface area contributed by atoms with Gasteiger partial charge in [-0.25, -0.2) is 4.79 Å². The van der Waals surface area contributed by atoms with E-state index in [4.69, 9.17) is 4.74 Å². The van der Waals surface area contributed by atoms with Crippen LogP contribution in [0.25, 0.3) is 0 Å². The number of para-hydroxylation sites is 1. The zero-order valence-electron chi connectivity index (χ0n) is 14.4. The summed E-state index contributed by atoms with van der Waals surface area (Å²) < 4.78 is 4.80. The van der Waals surface area contributed by atoms with Gasteiger partial charge in [0.15, 0.2) is 0 Å². The van der Waals surface area contributed by atoms with E-state index in [9.17, 15) is 4.79 Å². The predicted molar refractivity (Wildman–Crippen MR) is 96.5 cm³/mol. The van der Waals surface area contributed by atoms with Crippen LogP contribution in [0, 0.1) is 6.92 Å². The average Bonchev–Trinajstić information content (AvgIpc) is 2.62. The van der Waals surface area contributed by atoms with Crippen molar-refractivity contribution in [2.24, 2.45) is 0 Å². The Morgan fingerprint density at radius 2 is 1.79 bits per heavy atom. The second-order valence-electron chi connectivity index (χ2n) is 6.24. The number of ether oxygens (including phenoxy) is 1. The molecule has 4 heteroatoms. The van der Waals surface area contributed by atoms with Crippen LogP contribution >= 0.6 is 0 Å². The van der Waals surface area contributed by atoms with Gasteiger partial charge in [0.25, 0.3) is 0 Å². The molecule has 0 bridgehead atoms. The molecule has 0 amide bonds. The van der Waals surface area contributed by atoms with Crippen LogP contribution < -0.4 is 4.90 Å². The number of aryl methyl sites for hydroxylation is 1. The van der Waals surface area contributed by atoms with Gasteiger partial charge in [0.05, 0.1) is 12.7 Å². The number of esters is 1. The Labute approximate surface area is 143 Å². The SMILES string of the molecule is COC(=O)c1cccc(CN2CCN(c3ccccc3C)CC2)c1. The van der Waals surface area contributed by atoms with Gasteiger partial charge in [0.2, 0.25) is 0 Å². The molecule has 0 spiro atoms. The number of carbonyl (C=O) groups excluding carboxylic acids is 1. The van der Waals surface area contributed by atoms with E-state index in [1.807, 2.05) is 12.1 Å². The highest BCUT2D eigenvalue weighted by molar-refractivity contribution is 5.89. The number of piperazine rings is 1. The number of rotatable bonds is 4. The molecule has 3 rings (SSSR count). The Morgan fingerprint density at radius 3 is 2.50 bits per heavy atom. The normalized spacial score (nSPS) is 15.3. The Bertz CT molecular complexity index is 706. The standard InChI is InChI=1S/C20H24N2O2/c1-16-6-3-4-9-19(16)22-12-10-21(11-13-22)15-17-7-5-8-18(14-17)20(23)24-2/h3-9,14H,10-13,15H2,1-2H3. The first kappa shape index (κ1) is 16.5. The number of nitrogens with zero attached hydrogens (tertiary/aromatic N) is 2. The van der Waals surface area contributed by atoms with Gasteiger partial charge in [-0.1, -0.05) is 30.3 Å². The summed E-state index contributed by atoms with van der Waals surface area (Å²) in [7, 11) is 1.42. The molecule has 126 valence electrons. The largest absolute Gasteiger partial charge is 0.465 e. The highest BCUT2D eigenvalue weighted by Crippen LogP contribution is 2.21. The van der Waals surface area contributed by atoms with E-state index in [1.165, 1.54) is 18.4 Å². The Hall–Kier alpha value is -2.33. The van der Waals surface area contributed by atoms with Gasteiger partial charge >= 0.3 is 5.97 Å². The molecule has 1 aliphatic rings. The minimum absolute atomic E-state index is 0.277. The zero-order valence-corrected chi connectivity index (χ0v) is 14.4. The summed E-state index contributed by atoms with van der Waals surface area (Å²) in [6.07, 6.45) is 0. The Kier molecular flexibility index (Phi) is 5.16. The molecule has 24 heavy (non-hydrogen) atoms. The van der Waals surface area contributed by atoms with Crippen molar-refractivity contribution in [1.82, 2.24) is 4.90 Å². The number of methoxy groups -OCH3 is 1. The van der Waals surface area contributed by atoms with Gasteiger partial charge in [-0.15, -0.1) is 0 Å². The maximum absolute atomic E-state index is 11.6. The average molecular weight is 324 g/mol. The fourth-order valence-corrected chi connectivity index (χ4v) is 3.24. The third-order valence-electron chi connectivity index (χ3n) is 4.58. The lowest BCUT2D eigenvalue weighted by molar-refractivity contribution is 0.0600. The Morgan fingerprint density at radius 1 is 1.04 bits per heavy atom. The maximum Gasteiger partial charge on any atom is 0.337 e. The topological polar surface area (TPSA) is 32.8 Å². The monoisotopic (exact) mass is 324 g/mol. The second-order valence-corrected chi connectivity index (χ2v) is 6.24. The number of anilines is 1. The molecular weight excluding hydrogens is 300 g/mol. The smallest absolute Gasteiger partial charge is 0.337 e. The van der Waals surface area contributed by atoms with Crippen molar-refractivity contribution in [3.8, 4) is 0 Å². The lowest BCUT2D eigenvalue weighted by Gasteiger charge is -2.36. The number of hydrogen-bond donors (Lipinski definition) is 0. The first-order valence-corrected chi connectivity index (χ1v) is 8.37. The van der Waals surface area contributed by atoms with Crippen molar-refractivity contribution >= 4 is 11.7 Å². The van der Waals surface area contributed by atoms with Gasteiger partial charge in [-0.2, -0.15) is 0 Å². The van der Waals surface area contributed by atoms with Gasteiger partial charge in [-0.3, -0.25) is 4.90 Å². The minimum atomic E-state index is -0.277. The zero-order chi connectivity index (χ0) is 16.9. The molecule has 1 heterocycles. The molecule has 2 aromatic carbocycles. The van der Waals surface area contributed by atoms with Crippen LogP contribution in [0.3, 0.4) is 0 Å². The first-order valence-electron chi connectivity index (χ1n) is 8.37. The summed E-state index contributed by atoms with van der Waals surface area (Å²) >= 11 is 0. The van der Waals surface area contributed by atoms with Crippen molar-refractivity contribution in [3.63, 3.8) is 0 Å². The molecule has 0 N–H and O–H groups in total. The summed E-state index contributed by atoms with van der Waals surface area (Å²) in [4.78, 5) is 16.5. The van der Waals surface area contributed by atoms with Crippen molar-refractivity contribution < 1.29 is 9.53 Å². The van der Waals surface area contributed by atoms with Crippen LogP contribution in [0.4, 0.5) is 5.69 Å². The van der Waals surface area contributed by atoms with Gasteiger partial charge < -0.3 is 9.64 Å². The van der Waals surface area contributed by atoms with E-state index in [-0.39, 0.29) is 5.97 Å². The van der Waals surface area contributed by atoms with Crippen LogP contribution in [0.5, 0.6) is 0 Å². The van der Waals surface area contributed by atoms with Crippen LogP contribution in [0.15, 0.2) is 48.5 Å². The molecule has 0 aliphatic carbocycles. The summed E-state index contributed by atoms with van der Waals surface area (Å²) in [6.45, 7) is 7.14.